The smallest absolute Gasteiger partial charge is 0.382 e. The summed E-state index contributed by atoms with van der Waals surface area (Å²) in [5.74, 6) is -0.674. The molecule has 4 aromatic rings. The van der Waals surface area contributed by atoms with E-state index in [0.717, 1.165) is 16.7 Å². The number of aryl methyl sites for hydroxylation is 1. The maximum atomic E-state index is 13.8. The minimum atomic E-state index is -4.66. The number of carbonyl (C=O) groups excluding carboxylic acids is 1. The molecule has 0 saturated carbocycles. The Morgan fingerprint density at radius 3 is 2.50 bits per heavy atom. The number of hydrogen-bond acceptors (Lipinski definition) is 4. The Bertz CT molecular complexity index is 1310. The summed E-state index contributed by atoms with van der Waals surface area (Å²) >= 11 is 0. The molecule has 0 atom stereocenters. The number of halogens is 4. The van der Waals surface area contributed by atoms with Crippen LogP contribution in [0, 0.1) is 12.7 Å². The number of nitrogen functional groups attached to an aromatic ring is 1. The van der Waals surface area contributed by atoms with E-state index in [1.54, 1.807) is 28.8 Å². The fourth-order valence-electron chi connectivity index (χ4n) is 3.32. The number of anilines is 3. The van der Waals surface area contributed by atoms with Gasteiger partial charge in [0.2, 0.25) is 0 Å². The second-order valence-corrected chi connectivity index (χ2v) is 6.97. The minimum absolute atomic E-state index is 0.313. The van der Waals surface area contributed by atoms with Crippen molar-refractivity contribution in [2.45, 2.75) is 13.1 Å². The Labute approximate surface area is 178 Å². The van der Waals surface area contributed by atoms with Crippen molar-refractivity contribution in [3.8, 4) is 11.1 Å². The largest absolute Gasteiger partial charge is 0.416 e. The Morgan fingerprint density at radius 2 is 1.81 bits per heavy atom. The predicted molar refractivity (Wildman–Crippen MR) is 112 cm³/mol. The average molecular weight is 444 g/mol. The van der Waals surface area contributed by atoms with Gasteiger partial charge in [-0.25, -0.2) is 18.7 Å². The molecular weight excluding hydrogens is 428 g/mol. The molecule has 0 spiro atoms. The second kappa shape index (κ2) is 7.84. The molecular formula is C21H16F4N6O. The Balaban J connectivity index is 1.53. The number of urea groups is 1. The number of alkyl halides is 3. The van der Waals surface area contributed by atoms with E-state index in [4.69, 9.17) is 5.73 Å². The highest BCUT2D eigenvalue weighted by Gasteiger charge is 2.31. The molecule has 7 nitrogen and oxygen atoms in total. The lowest BCUT2D eigenvalue weighted by atomic mass is 10.0. The fourth-order valence-corrected chi connectivity index (χ4v) is 3.32. The first-order valence-electron chi connectivity index (χ1n) is 9.27. The zero-order chi connectivity index (χ0) is 23.0. The fraction of sp³-hybridized carbons (Fsp3) is 0.0952. The van der Waals surface area contributed by atoms with Gasteiger partial charge >= 0.3 is 12.2 Å². The summed E-state index contributed by atoms with van der Waals surface area (Å²) in [7, 11) is 0. The highest BCUT2D eigenvalue weighted by molar-refractivity contribution is 6.00. The van der Waals surface area contributed by atoms with Crippen LogP contribution in [0.3, 0.4) is 0 Å². The molecule has 4 N–H and O–H groups in total. The molecule has 32 heavy (non-hydrogen) atoms. The highest BCUT2D eigenvalue weighted by Crippen LogP contribution is 2.33. The van der Waals surface area contributed by atoms with Crippen LogP contribution in [0.4, 0.5) is 39.5 Å². The van der Waals surface area contributed by atoms with Crippen LogP contribution in [0.2, 0.25) is 0 Å². The quantitative estimate of drug-likeness (QED) is 0.384. The lowest BCUT2D eigenvalue weighted by molar-refractivity contribution is -0.137. The van der Waals surface area contributed by atoms with Crippen molar-refractivity contribution in [1.82, 2.24) is 14.6 Å². The average Bonchev–Trinajstić information content (AvgIpc) is 3.06. The van der Waals surface area contributed by atoms with Gasteiger partial charge in [-0.3, -0.25) is 0 Å². The van der Waals surface area contributed by atoms with Gasteiger partial charge in [0.05, 0.1) is 11.3 Å². The maximum Gasteiger partial charge on any atom is 0.416 e. The van der Waals surface area contributed by atoms with Crippen molar-refractivity contribution >= 4 is 28.7 Å². The van der Waals surface area contributed by atoms with Crippen LogP contribution in [-0.4, -0.2) is 20.6 Å². The number of nitrogens with two attached hydrogens (primary N) is 1. The van der Waals surface area contributed by atoms with E-state index in [-0.39, 0.29) is 0 Å². The zero-order valence-electron chi connectivity index (χ0n) is 16.5. The zero-order valence-corrected chi connectivity index (χ0v) is 16.5. The third-order valence-corrected chi connectivity index (χ3v) is 4.76. The molecule has 0 aliphatic heterocycles. The van der Waals surface area contributed by atoms with Crippen molar-refractivity contribution in [1.29, 1.82) is 0 Å². The van der Waals surface area contributed by atoms with Crippen LogP contribution in [-0.2, 0) is 6.18 Å². The van der Waals surface area contributed by atoms with Gasteiger partial charge in [-0.05, 0) is 48.4 Å². The van der Waals surface area contributed by atoms with E-state index >= 15 is 0 Å². The van der Waals surface area contributed by atoms with Crippen molar-refractivity contribution in [2.75, 3.05) is 16.4 Å². The van der Waals surface area contributed by atoms with Gasteiger partial charge in [0.15, 0.2) is 5.82 Å². The molecule has 0 radical (unpaired) electrons. The number of carbonyl (C=O) groups is 1. The van der Waals surface area contributed by atoms with Crippen molar-refractivity contribution in [3.05, 3.63) is 71.9 Å². The Morgan fingerprint density at radius 1 is 1.09 bits per heavy atom. The molecule has 2 aromatic carbocycles. The molecule has 0 saturated heterocycles. The highest BCUT2D eigenvalue weighted by atomic mass is 19.4. The molecule has 4 rings (SSSR count). The molecule has 0 aliphatic rings. The topological polar surface area (TPSA) is 97.3 Å². The van der Waals surface area contributed by atoms with Gasteiger partial charge in [0, 0.05) is 17.4 Å². The van der Waals surface area contributed by atoms with Crippen LogP contribution in [0.1, 0.15) is 11.1 Å². The van der Waals surface area contributed by atoms with Crippen LogP contribution >= 0.6 is 0 Å². The van der Waals surface area contributed by atoms with E-state index in [9.17, 15) is 22.4 Å². The van der Waals surface area contributed by atoms with Crippen molar-refractivity contribution in [2.24, 2.45) is 0 Å². The Kier molecular flexibility index (Phi) is 5.17. The molecule has 2 aromatic heterocycles. The van der Waals surface area contributed by atoms with Crippen LogP contribution in [0.15, 0.2) is 55.0 Å². The molecule has 0 unspecified atom stereocenters. The lowest BCUT2D eigenvalue weighted by Crippen LogP contribution is -2.20. The van der Waals surface area contributed by atoms with Crippen LogP contribution in [0.25, 0.3) is 16.6 Å². The first-order chi connectivity index (χ1) is 15.1. The van der Waals surface area contributed by atoms with E-state index in [0.29, 0.717) is 35.2 Å². The number of hydrogen-bond donors (Lipinski definition) is 3. The molecule has 0 aliphatic carbocycles. The summed E-state index contributed by atoms with van der Waals surface area (Å²) < 4.78 is 53.9. The molecule has 11 heteroatoms. The second-order valence-electron chi connectivity index (χ2n) is 6.97. The molecule has 0 fully saturated rings. The number of fused-ring (bicyclic) bond motifs is 1. The number of amides is 2. The number of rotatable bonds is 3. The number of benzene rings is 2. The third kappa shape index (κ3) is 4.04. The van der Waals surface area contributed by atoms with E-state index in [1.165, 1.54) is 6.33 Å². The first kappa shape index (κ1) is 21.1. The molecule has 2 heterocycles. The van der Waals surface area contributed by atoms with Gasteiger partial charge in [0.1, 0.15) is 17.7 Å². The SMILES string of the molecule is Cc1cn2ncnc(N)c2c1-c1ccc(NC(=O)Nc2cc(C(F)(F)F)ccc2F)cc1. The van der Waals surface area contributed by atoms with Gasteiger partial charge in [0.25, 0.3) is 0 Å². The summed E-state index contributed by atoms with van der Waals surface area (Å²) in [6.45, 7) is 1.90. The normalized spacial score (nSPS) is 11.5. The summed E-state index contributed by atoms with van der Waals surface area (Å²) in [5, 5.41) is 8.69. The maximum absolute atomic E-state index is 13.8. The minimum Gasteiger partial charge on any atom is -0.382 e. The van der Waals surface area contributed by atoms with E-state index in [2.05, 4.69) is 20.7 Å². The lowest BCUT2D eigenvalue weighted by Gasteiger charge is -2.12. The first-order valence-corrected chi connectivity index (χ1v) is 9.27. The summed E-state index contributed by atoms with van der Waals surface area (Å²) in [6.07, 6.45) is -1.50. The number of nitrogens with one attached hydrogen (secondary N) is 2. The van der Waals surface area contributed by atoms with Gasteiger partial charge < -0.3 is 16.4 Å². The van der Waals surface area contributed by atoms with E-state index in [1.807, 2.05) is 13.1 Å². The molecule has 2 amide bonds. The number of aromatic nitrogens is 3. The van der Waals surface area contributed by atoms with Gasteiger partial charge in [-0.15, -0.1) is 0 Å². The van der Waals surface area contributed by atoms with Crippen LogP contribution in [0.5, 0.6) is 0 Å². The number of nitrogens with zero attached hydrogens (tertiary/aromatic N) is 3. The molecule has 164 valence electrons. The summed E-state index contributed by atoms with van der Waals surface area (Å²) in [5.41, 5.74) is 7.86. The standard InChI is InChI=1S/C21H16F4N6O/c1-11-9-31-18(19(26)27-10-28-31)17(11)12-2-5-14(6-3-12)29-20(32)30-16-8-13(21(23,24)25)4-7-15(16)22/h2-10H,1H3,(H2,26,27,28)(H2,29,30,32). The van der Waals surface area contributed by atoms with Gasteiger partial charge in [-0.2, -0.15) is 18.3 Å². The van der Waals surface area contributed by atoms with Gasteiger partial charge in [-0.1, -0.05) is 12.1 Å². The van der Waals surface area contributed by atoms with Crippen LogP contribution < -0.4 is 16.4 Å². The predicted octanol–water partition coefficient (Wildman–Crippen LogP) is 5.09. The monoisotopic (exact) mass is 444 g/mol. The van der Waals surface area contributed by atoms with E-state index < -0.39 is 29.3 Å². The van der Waals surface area contributed by atoms with Crippen molar-refractivity contribution < 1.29 is 22.4 Å². The third-order valence-electron chi connectivity index (χ3n) is 4.76. The summed E-state index contributed by atoms with van der Waals surface area (Å²) in [4.78, 5) is 16.2. The summed E-state index contributed by atoms with van der Waals surface area (Å²) in [6, 6.07) is 7.55. The van der Waals surface area contributed by atoms with Crippen molar-refractivity contribution in [3.63, 3.8) is 0 Å². The molecule has 0 bridgehead atoms. The Hall–Kier alpha value is -4.15.